The van der Waals surface area contributed by atoms with Crippen LogP contribution in [0.2, 0.25) is 0 Å². The van der Waals surface area contributed by atoms with E-state index < -0.39 is 6.10 Å². The van der Waals surface area contributed by atoms with Crippen LogP contribution in [0.5, 0.6) is 5.75 Å². The molecule has 1 N–H and O–H groups in total. The van der Waals surface area contributed by atoms with Crippen molar-refractivity contribution in [3.8, 4) is 5.75 Å². The fraction of sp³-hybridized carbons (Fsp3) is 0.200. The second-order valence-corrected chi connectivity index (χ2v) is 7.06. The Bertz CT molecular complexity index is 898. The van der Waals surface area contributed by atoms with Gasteiger partial charge in [-0.15, -0.1) is 0 Å². The summed E-state index contributed by atoms with van der Waals surface area (Å²) >= 11 is 0. The van der Waals surface area contributed by atoms with E-state index in [1.165, 1.54) is 16.7 Å². The monoisotopic (exact) mass is 356 g/mol. The summed E-state index contributed by atoms with van der Waals surface area (Å²) in [5.41, 5.74) is 4.85. The van der Waals surface area contributed by atoms with Crippen molar-refractivity contribution in [1.82, 2.24) is 0 Å². The molecule has 1 aliphatic rings. The Morgan fingerprint density at radius 1 is 0.778 bits per heavy atom. The number of methoxy groups -OCH3 is 1. The van der Waals surface area contributed by atoms with Gasteiger partial charge in [-0.05, 0) is 46.7 Å². The zero-order chi connectivity index (χ0) is 18.6. The quantitative estimate of drug-likeness (QED) is 0.677. The van der Waals surface area contributed by atoms with Crippen molar-refractivity contribution >= 4 is 5.57 Å². The standard InChI is InChI=1S/C25H24O2/c1-27-22-14-12-19(13-15-22)24-17-21(26)16-23(18-8-4-2-5-9-18)25(24)20-10-6-3-7-11-20/h2-15,17,21,23,25-26H,16H2,1H3. The maximum Gasteiger partial charge on any atom is 0.118 e. The zero-order valence-corrected chi connectivity index (χ0v) is 15.5. The molecule has 3 aromatic carbocycles. The van der Waals surface area contributed by atoms with Crippen LogP contribution in [-0.4, -0.2) is 18.3 Å². The lowest BCUT2D eigenvalue weighted by Crippen LogP contribution is -2.24. The molecule has 0 spiro atoms. The first-order valence-electron chi connectivity index (χ1n) is 9.40. The molecule has 0 radical (unpaired) electrons. The largest absolute Gasteiger partial charge is 0.497 e. The number of ether oxygens (including phenoxy) is 1. The predicted octanol–water partition coefficient (Wildman–Crippen LogP) is 5.41. The van der Waals surface area contributed by atoms with Gasteiger partial charge in [-0.1, -0.05) is 78.9 Å². The number of aliphatic hydroxyl groups excluding tert-OH is 1. The third-order valence-electron chi connectivity index (χ3n) is 5.41. The van der Waals surface area contributed by atoms with Gasteiger partial charge in [0.2, 0.25) is 0 Å². The Hall–Kier alpha value is -2.84. The molecule has 136 valence electrons. The fourth-order valence-electron chi connectivity index (χ4n) is 4.15. The first-order valence-corrected chi connectivity index (χ1v) is 9.40. The molecular formula is C25H24O2. The maximum absolute atomic E-state index is 10.6. The first kappa shape index (κ1) is 17.6. The van der Waals surface area contributed by atoms with Crippen molar-refractivity contribution in [1.29, 1.82) is 0 Å². The lowest BCUT2D eigenvalue weighted by Gasteiger charge is -2.36. The van der Waals surface area contributed by atoms with E-state index in [0.717, 1.165) is 17.7 Å². The molecule has 1 aliphatic carbocycles. The first-order chi connectivity index (χ1) is 13.3. The van der Waals surface area contributed by atoms with Crippen LogP contribution < -0.4 is 4.74 Å². The van der Waals surface area contributed by atoms with E-state index in [1.807, 2.05) is 24.3 Å². The molecule has 3 unspecified atom stereocenters. The lowest BCUT2D eigenvalue weighted by molar-refractivity contribution is 0.193. The van der Waals surface area contributed by atoms with Crippen molar-refractivity contribution in [3.05, 3.63) is 108 Å². The van der Waals surface area contributed by atoms with Crippen LogP contribution in [0.25, 0.3) is 5.57 Å². The summed E-state index contributed by atoms with van der Waals surface area (Å²) in [5, 5.41) is 10.6. The number of hydrogen-bond acceptors (Lipinski definition) is 2. The highest BCUT2D eigenvalue weighted by atomic mass is 16.5. The van der Waals surface area contributed by atoms with Crippen molar-refractivity contribution < 1.29 is 9.84 Å². The highest BCUT2D eigenvalue weighted by molar-refractivity contribution is 5.74. The van der Waals surface area contributed by atoms with E-state index in [9.17, 15) is 5.11 Å². The number of allylic oxidation sites excluding steroid dienone is 1. The highest BCUT2D eigenvalue weighted by Crippen LogP contribution is 2.48. The molecule has 0 amide bonds. The summed E-state index contributed by atoms with van der Waals surface area (Å²) in [7, 11) is 1.68. The van der Waals surface area contributed by atoms with E-state index in [1.54, 1.807) is 7.11 Å². The summed E-state index contributed by atoms with van der Waals surface area (Å²) < 4.78 is 5.31. The molecule has 4 rings (SSSR count). The number of rotatable bonds is 4. The second-order valence-electron chi connectivity index (χ2n) is 7.06. The Balaban J connectivity index is 1.83. The number of aliphatic hydroxyl groups is 1. The lowest BCUT2D eigenvalue weighted by atomic mass is 9.69. The van der Waals surface area contributed by atoms with Crippen molar-refractivity contribution in [2.45, 2.75) is 24.4 Å². The van der Waals surface area contributed by atoms with E-state index in [4.69, 9.17) is 4.74 Å². The van der Waals surface area contributed by atoms with Crippen molar-refractivity contribution in [2.24, 2.45) is 0 Å². The fourth-order valence-corrected chi connectivity index (χ4v) is 4.15. The zero-order valence-electron chi connectivity index (χ0n) is 15.5. The average molecular weight is 356 g/mol. The van der Waals surface area contributed by atoms with Gasteiger partial charge in [0.15, 0.2) is 0 Å². The minimum atomic E-state index is -0.452. The van der Waals surface area contributed by atoms with Gasteiger partial charge in [-0.25, -0.2) is 0 Å². The van der Waals surface area contributed by atoms with Gasteiger partial charge < -0.3 is 9.84 Å². The Labute approximate surface area is 160 Å². The van der Waals surface area contributed by atoms with Crippen LogP contribution in [0.3, 0.4) is 0 Å². The molecule has 0 aliphatic heterocycles. The maximum atomic E-state index is 10.6. The van der Waals surface area contributed by atoms with Gasteiger partial charge in [-0.3, -0.25) is 0 Å². The van der Waals surface area contributed by atoms with Gasteiger partial charge in [-0.2, -0.15) is 0 Å². The highest BCUT2D eigenvalue weighted by Gasteiger charge is 2.34. The minimum Gasteiger partial charge on any atom is -0.497 e. The SMILES string of the molecule is COc1ccc(C2=CC(O)CC(c3ccccc3)C2c2ccccc2)cc1. The average Bonchev–Trinajstić information content (AvgIpc) is 2.74. The molecule has 0 heterocycles. The third-order valence-corrected chi connectivity index (χ3v) is 5.41. The molecule has 0 bridgehead atoms. The second kappa shape index (κ2) is 7.81. The van der Waals surface area contributed by atoms with Gasteiger partial charge in [0, 0.05) is 5.92 Å². The van der Waals surface area contributed by atoms with Gasteiger partial charge in [0.05, 0.1) is 13.2 Å². The van der Waals surface area contributed by atoms with Crippen molar-refractivity contribution in [2.75, 3.05) is 7.11 Å². The molecule has 2 nitrogen and oxygen atoms in total. The minimum absolute atomic E-state index is 0.199. The van der Waals surface area contributed by atoms with Crippen LogP contribution in [0.1, 0.15) is 34.9 Å². The molecule has 3 atom stereocenters. The Morgan fingerprint density at radius 2 is 1.37 bits per heavy atom. The molecule has 27 heavy (non-hydrogen) atoms. The van der Waals surface area contributed by atoms with Crippen LogP contribution in [0, 0.1) is 0 Å². The van der Waals surface area contributed by atoms with Gasteiger partial charge in [0.25, 0.3) is 0 Å². The molecule has 0 aromatic heterocycles. The predicted molar refractivity (Wildman–Crippen MR) is 110 cm³/mol. The van der Waals surface area contributed by atoms with E-state index in [0.29, 0.717) is 0 Å². The molecule has 2 heteroatoms. The Kier molecular flexibility index (Phi) is 5.08. The summed E-state index contributed by atoms with van der Waals surface area (Å²) in [6.45, 7) is 0. The summed E-state index contributed by atoms with van der Waals surface area (Å²) in [4.78, 5) is 0. The number of hydrogen-bond donors (Lipinski definition) is 1. The molecular weight excluding hydrogens is 332 g/mol. The molecule has 0 fully saturated rings. The van der Waals surface area contributed by atoms with E-state index >= 15 is 0 Å². The number of benzene rings is 3. The third kappa shape index (κ3) is 3.67. The summed E-state index contributed by atoms with van der Waals surface area (Å²) in [6, 6.07) is 29.3. The van der Waals surface area contributed by atoms with E-state index in [2.05, 4.69) is 66.7 Å². The van der Waals surface area contributed by atoms with Crippen molar-refractivity contribution in [3.63, 3.8) is 0 Å². The van der Waals surface area contributed by atoms with Crippen LogP contribution >= 0.6 is 0 Å². The smallest absolute Gasteiger partial charge is 0.118 e. The molecule has 0 saturated heterocycles. The van der Waals surface area contributed by atoms with Crippen LogP contribution in [0.15, 0.2) is 91.0 Å². The van der Waals surface area contributed by atoms with E-state index in [-0.39, 0.29) is 11.8 Å². The summed E-state index contributed by atoms with van der Waals surface area (Å²) in [5.74, 6) is 1.27. The normalized spacial score (nSPS) is 22.1. The van der Waals surface area contributed by atoms with Crippen LogP contribution in [-0.2, 0) is 0 Å². The Morgan fingerprint density at radius 3 is 1.96 bits per heavy atom. The van der Waals surface area contributed by atoms with Gasteiger partial charge in [0.1, 0.15) is 5.75 Å². The topological polar surface area (TPSA) is 29.5 Å². The molecule has 3 aromatic rings. The van der Waals surface area contributed by atoms with Crippen LogP contribution in [0.4, 0.5) is 0 Å². The van der Waals surface area contributed by atoms with Gasteiger partial charge >= 0.3 is 0 Å². The summed E-state index contributed by atoms with van der Waals surface area (Å²) in [6.07, 6.45) is 2.30. The molecule has 0 saturated carbocycles.